The number of aliphatic hydroxyl groups excluding tert-OH is 2. The number of anilines is 1. The zero-order chi connectivity index (χ0) is 23.1. The van der Waals surface area contributed by atoms with Crippen LogP contribution in [0.15, 0.2) is 55.1 Å². The van der Waals surface area contributed by atoms with Crippen molar-refractivity contribution in [2.24, 2.45) is 0 Å². The molecule has 33 heavy (non-hydrogen) atoms. The van der Waals surface area contributed by atoms with Crippen LogP contribution in [0.1, 0.15) is 13.2 Å². The first kappa shape index (κ1) is 21.6. The molecule has 11 nitrogen and oxygen atoms in total. The molecular weight excluding hydrogens is 449 g/mol. The van der Waals surface area contributed by atoms with Crippen molar-refractivity contribution in [3.8, 4) is 5.75 Å². The van der Waals surface area contributed by atoms with E-state index in [0.717, 1.165) is 10.8 Å². The molecular formula is C21H21N5O6P+. The largest absolute Gasteiger partial charge is 0.750 e. The molecule has 4 aromatic rings. The molecule has 12 heteroatoms. The predicted octanol–water partition coefficient (Wildman–Crippen LogP) is 2.32. The van der Waals surface area contributed by atoms with Crippen LogP contribution in [-0.4, -0.2) is 54.1 Å². The van der Waals surface area contributed by atoms with E-state index < -0.39 is 38.9 Å². The summed E-state index contributed by atoms with van der Waals surface area (Å²) in [6, 6.07) is 12.9. The first-order valence-corrected chi connectivity index (χ1v) is 11.3. The predicted molar refractivity (Wildman–Crippen MR) is 118 cm³/mol. The first-order chi connectivity index (χ1) is 15.9. The Morgan fingerprint density at radius 1 is 1.12 bits per heavy atom. The van der Waals surface area contributed by atoms with Crippen LogP contribution < -0.4 is 10.3 Å². The average molecular weight is 470 g/mol. The Kier molecular flexibility index (Phi) is 5.65. The molecule has 0 spiro atoms. The molecule has 4 N–H and O–H groups in total. The van der Waals surface area contributed by atoms with Gasteiger partial charge in [0.15, 0.2) is 23.4 Å². The molecule has 0 bridgehead atoms. The summed E-state index contributed by atoms with van der Waals surface area (Å²) in [6.07, 6.45) is -2.83. The second kappa shape index (κ2) is 8.62. The number of imidazole rings is 1. The Labute approximate surface area is 188 Å². The maximum absolute atomic E-state index is 12.6. The fourth-order valence-corrected chi connectivity index (χ4v) is 4.69. The minimum atomic E-state index is -2.59. The van der Waals surface area contributed by atoms with Gasteiger partial charge in [0.25, 0.3) is 0 Å². The summed E-state index contributed by atoms with van der Waals surface area (Å²) >= 11 is 0. The lowest BCUT2D eigenvalue weighted by Crippen LogP contribution is -2.37. The van der Waals surface area contributed by atoms with E-state index in [0.29, 0.717) is 16.9 Å². The molecule has 5 rings (SSSR count). The van der Waals surface area contributed by atoms with Crippen molar-refractivity contribution < 1.29 is 28.6 Å². The van der Waals surface area contributed by atoms with Gasteiger partial charge in [-0.3, -0.25) is 4.57 Å². The molecule has 0 radical (unpaired) electrons. The molecule has 6 atom stereocenters. The van der Waals surface area contributed by atoms with Crippen molar-refractivity contribution in [3.63, 3.8) is 0 Å². The fourth-order valence-electron chi connectivity index (χ4n) is 3.93. The summed E-state index contributed by atoms with van der Waals surface area (Å²) in [4.78, 5) is 12.2. The number of hydrogen-bond donors (Lipinski definition) is 3. The van der Waals surface area contributed by atoms with E-state index in [2.05, 4.69) is 15.0 Å². The summed E-state index contributed by atoms with van der Waals surface area (Å²) in [5.41, 5.74) is 6.51. The van der Waals surface area contributed by atoms with E-state index >= 15 is 0 Å². The van der Waals surface area contributed by atoms with Gasteiger partial charge in [-0.05, 0) is 18.4 Å². The number of rotatable bonds is 6. The Morgan fingerprint density at radius 2 is 1.91 bits per heavy atom. The van der Waals surface area contributed by atoms with Gasteiger partial charge < -0.3 is 20.7 Å². The van der Waals surface area contributed by atoms with Crippen molar-refractivity contribution in [1.82, 2.24) is 19.5 Å². The van der Waals surface area contributed by atoms with Crippen LogP contribution in [0.5, 0.6) is 5.75 Å². The van der Waals surface area contributed by atoms with E-state index in [9.17, 15) is 14.8 Å². The maximum atomic E-state index is 12.6. The van der Waals surface area contributed by atoms with Crippen molar-refractivity contribution in [3.05, 3.63) is 55.1 Å². The van der Waals surface area contributed by atoms with Gasteiger partial charge in [-0.1, -0.05) is 36.4 Å². The van der Waals surface area contributed by atoms with E-state index in [1.54, 1.807) is 19.1 Å². The average Bonchev–Trinajstić information content (AvgIpc) is 3.36. The van der Waals surface area contributed by atoms with Gasteiger partial charge in [-0.15, -0.1) is 4.52 Å². The molecule has 0 amide bonds. The van der Waals surface area contributed by atoms with Gasteiger partial charge in [0.1, 0.15) is 36.3 Å². The molecule has 0 aliphatic carbocycles. The molecule has 1 aliphatic rings. The second-order valence-electron chi connectivity index (χ2n) is 7.66. The van der Waals surface area contributed by atoms with Crippen molar-refractivity contribution in [1.29, 1.82) is 0 Å². The SMILES string of the molecule is CC(O[P+](=O)Oc1cccc2ccccc12)C1OC(n2cnc3c(N)ncnc32)C(O)C1O. The van der Waals surface area contributed by atoms with Gasteiger partial charge >= 0.3 is 8.25 Å². The van der Waals surface area contributed by atoms with Gasteiger partial charge in [0, 0.05) is 9.95 Å². The number of hydrogen-bond acceptors (Lipinski definition) is 10. The van der Waals surface area contributed by atoms with Crippen molar-refractivity contribution in [2.75, 3.05) is 5.73 Å². The minimum Gasteiger partial charge on any atom is -0.387 e. The van der Waals surface area contributed by atoms with Crippen LogP contribution in [0.25, 0.3) is 21.9 Å². The normalized spacial score (nSPS) is 24.3. The van der Waals surface area contributed by atoms with E-state index in [1.165, 1.54) is 17.2 Å². The molecule has 0 saturated carbocycles. The zero-order valence-electron chi connectivity index (χ0n) is 17.4. The first-order valence-electron chi connectivity index (χ1n) is 10.2. The van der Waals surface area contributed by atoms with Crippen LogP contribution in [0.3, 0.4) is 0 Å². The number of fused-ring (bicyclic) bond motifs is 2. The molecule has 3 heterocycles. The summed E-state index contributed by atoms with van der Waals surface area (Å²) in [5, 5.41) is 22.9. The van der Waals surface area contributed by atoms with Crippen LogP contribution in [0, 0.1) is 0 Å². The van der Waals surface area contributed by atoms with E-state index in [-0.39, 0.29) is 5.82 Å². The highest BCUT2D eigenvalue weighted by atomic mass is 31.1. The summed E-state index contributed by atoms with van der Waals surface area (Å²) < 4.78 is 31.0. The highest BCUT2D eigenvalue weighted by Gasteiger charge is 2.49. The van der Waals surface area contributed by atoms with Crippen LogP contribution in [0.4, 0.5) is 5.82 Å². The van der Waals surface area contributed by atoms with Crippen LogP contribution >= 0.6 is 8.25 Å². The number of nitrogens with zero attached hydrogens (tertiary/aromatic N) is 4. The highest BCUT2D eigenvalue weighted by Crippen LogP contribution is 2.39. The third-order valence-corrected chi connectivity index (χ3v) is 6.42. The topological polar surface area (TPSA) is 155 Å². The van der Waals surface area contributed by atoms with Gasteiger partial charge in [-0.25, -0.2) is 19.5 Å². The monoisotopic (exact) mass is 470 g/mol. The number of benzene rings is 2. The molecule has 1 aliphatic heterocycles. The van der Waals surface area contributed by atoms with Crippen molar-refractivity contribution >= 4 is 36.0 Å². The summed E-state index contributed by atoms with van der Waals surface area (Å²) in [5.74, 6) is 0.594. The highest BCUT2D eigenvalue weighted by molar-refractivity contribution is 7.33. The van der Waals surface area contributed by atoms with Crippen molar-refractivity contribution in [2.45, 2.75) is 37.6 Å². The lowest BCUT2D eigenvalue weighted by atomic mass is 10.1. The third-order valence-electron chi connectivity index (χ3n) is 5.57. The number of aromatic nitrogens is 4. The second-order valence-corrected chi connectivity index (χ2v) is 8.50. The number of nitrogens with two attached hydrogens (primary N) is 1. The maximum Gasteiger partial charge on any atom is 0.750 e. The smallest absolute Gasteiger partial charge is 0.387 e. The minimum absolute atomic E-state index is 0.183. The zero-order valence-corrected chi connectivity index (χ0v) is 18.3. The Hall–Kier alpha value is -3.21. The fraction of sp³-hybridized carbons (Fsp3) is 0.286. The molecule has 6 unspecified atom stereocenters. The Bertz CT molecular complexity index is 1330. The third kappa shape index (κ3) is 3.90. The molecule has 2 aromatic heterocycles. The summed E-state index contributed by atoms with van der Waals surface area (Å²) in [7, 11) is -2.59. The lowest BCUT2D eigenvalue weighted by Gasteiger charge is -2.17. The van der Waals surface area contributed by atoms with Gasteiger partial charge in [0.05, 0.1) is 6.33 Å². The number of ether oxygens (including phenoxy) is 1. The quantitative estimate of drug-likeness (QED) is 0.358. The number of nitrogen functional groups attached to an aromatic ring is 1. The molecule has 170 valence electrons. The lowest BCUT2D eigenvalue weighted by molar-refractivity contribution is -0.0707. The number of aliphatic hydroxyl groups is 2. The van der Waals surface area contributed by atoms with Crippen LogP contribution in [0.2, 0.25) is 0 Å². The van der Waals surface area contributed by atoms with E-state index in [4.69, 9.17) is 19.5 Å². The van der Waals surface area contributed by atoms with Gasteiger partial charge in [-0.2, -0.15) is 0 Å². The molecule has 1 saturated heterocycles. The Balaban J connectivity index is 1.31. The standard InChI is InChI=1S/C21H21N5O6P/c1-11(31-33(29)32-14-8-4-6-12-5-2-3-7-13(12)14)18-16(27)17(28)21(30-18)26-10-25-15-19(22)23-9-24-20(15)26/h2-11,16-18,21,27-28H,1H3,(H2,22,23,24)/q+1. The Morgan fingerprint density at radius 3 is 2.76 bits per heavy atom. The molecule has 2 aromatic carbocycles. The summed E-state index contributed by atoms with van der Waals surface area (Å²) in [6.45, 7) is 1.58. The van der Waals surface area contributed by atoms with E-state index in [1.807, 2.05) is 30.3 Å². The van der Waals surface area contributed by atoms with Crippen LogP contribution in [-0.2, 0) is 13.8 Å². The van der Waals surface area contributed by atoms with Gasteiger partial charge in [0.2, 0.25) is 0 Å². The molecule has 1 fully saturated rings.